The molecule has 16 heavy (non-hydrogen) atoms. The Bertz CT molecular complexity index is 664. The van der Waals surface area contributed by atoms with Crippen LogP contribution in [0.5, 0.6) is 5.75 Å². The number of phenolic OH excluding ortho intramolecular Hbond substituents is 1. The van der Waals surface area contributed by atoms with Gasteiger partial charge in [-0.15, -0.1) is 0 Å². The molecule has 0 unspecified atom stereocenters. The molecule has 0 aromatic heterocycles. The second kappa shape index (κ2) is 3.77. The number of aromatic hydroxyl groups is 1. The van der Waals surface area contributed by atoms with Crippen LogP contribution in [0.2, 0.25) is 0 Å². The fraction of sp³-hybridized carbons (Fsp3) is 0. The normalized spacial score (nSPS) is 11.9. The number of hydrogen-bond acceptors (Lipinski definition) is 3. The van der Waals surface area contributed by atoms with Gasteiger partial charge >= 0.3 is 101 Å². The molecule has 0 saturated carbocycles. The summed E-state index contributed by atoms with van der Waals surface area (Å²) >= 11 is 2.33. The average molecular weight is 298 g/mol. The summed E-state index contributed by atoms with van der Waals surface area (Å²) < 4.78 is 31.7. The first-order valence-corrected chi connectivity index (χ1v) is 6.69. The summed E-state index contributed by atoms with van der Waals surface area (Å²) in [5.74, 6) is -0.168. The number of hydrogen-bond donors (Lipinski definition) is 2. The molecule has 4 nitrogen and oxygen atoms in total. The van der Waals surface area contributed by atoms with Gasteiger partial charge in [0.25, 0.3) is 0 Å². The van der Waals surface area contributed by atoms with Gasteiger partial charge in [0.15, 0.2) is 0 Å². The van der Waals surface area contributed by atoms with E-state index < -0.39 is 10.1 Å². The monoisotopic (exact) mass is 298 g/mol. The molecule has 0 aliphatic heterocycles. The van der Waals surface area contributed by atoms with Crippen LogP contribution in [-0.4, -0.2) is 34.9 Å². The summed E-state index contributed by atoms with van der Waals surface area (Å²) in [6.07, 6.45) is 0. The van der Waals surface area contributed by atoms with Gasteiger partial charge in [-0.3, -0.25) is 0 Å². The Hall–Kier alpha value is -1.03. The Kier molecular flexibility index (Phi) is 2.70. The molecule has 82 valence electrons. The predicted molar refractivity (Wildman–Crippen MR) is 60.8 cm³/mol. The third-order valence-corrected chi connectivity index (χ3v) is 3.60. The van der Waals surface area contributed by atoms with Crippen LogP contribution in [0.25, 0.3) is 10.8 Å². The van der Waals surface area contributed by atoms with Crippen LogP contribution in [-0.2, 0) is 10.1 Å². The van der Waals surface area contributed by atoms with Gasteiger partial charge in [-0.2, -0.15) is 0 Å². The van der Waals surface area contributed by atoms with Gasteiger partial charge in [0.05, 0.1) is 0 Å². The standard InChI is InChI=1S/C10H7AsO4S/c11-7-2-1-6-3-8(16(13,14)15)5-10(12)9(6)4-7/h1-5,12H,(H,13,14,15). The van der Waals surface area contributed by atoms with Crippen molar-refractivity contribution in [2.75, 3.05) is 0 Å². The average Bonchev–Trinajstić information content (AvgIpc) is 2.17. The summed E-state index contributed by atoms with van der Waals surface area (Å²) in [4.78, 5) is -0.309. The van der Waals surface area contributed by atoms with Crippen molar-refractivity contribution >= 4 is 42.1 Å². The first-order valence-electron chi connectivity index (χ1n) is 4.31. The first-order chi connectivity index (χ1) is 7.38. The fourth-order valence-electron chi connectivity index (χ4n) is 1.45. The van der Waals surface area contributed by atoms with Crippen molar-refractivity contribution in [3.8, 4) is 5.75 Å². The zero-order valence-electron chi connectivity index (χ0n) is 7.95. The molecule has 0 saturated heterocycles. The van der Waals surface area contributed by atoms with E-state index in [4.69, 9.17) is 4.55 Å². The van der Waals surface area contributed by atoms with Crippen LogP contribution < -0.4 is 4.35 Å². The minimum atomic E-state index is -4.29. The van der Waals surface area contributed by atoms with Crippen LogP contribution in [0.4, 0.5) is 0 Å². The molecule has 2 aromatic carbocycles. The molecular weight excluding hydrogens is 291 g/mol. The topological polar surface area (TPSA) is 74.6 Å². The third kappa shape index (κ3) is 2.07. The first kappa shape index (κ1) is 11.5. The number of phenols is 1. The van der Waals surface area contributed by atoms with Gasteiger partial charge in [-0.25, -0.2) is 0 Å². The molecule has 0 atom stereocenters. The van der Waals surface area contributed by atoms with Crippen LogP contribution >= 0.6 is 0 Å². The van der Waals surface area contributed by atoms with E-state index in [1.54, 1.807) is 18.2 Å². The number of rotatable bonds is 1. The zero-order valence-corrected chi connectivity index (χ0v) is 10.6. The van der Waals surface area contributed by atoms with Crippen molar-refractivity contribution in [1.29, 1.82) is 0 Å². The Morgan fingerprint density at radius 2 is 1.81 bits per heavy atom. The summed E-state index contributed by atoms with van der Waals surface area (Å²) in [5, 5.41) is 10.8. The molecule has 0 aliphatic carbocycles. The van der Waals surface area contributed by atoms with Crippen LogP contribution in [0, 0.1) is 0 Å². The second-order valence-electron chi connectivity index (χ2n) is 3.32. The third-order valence-electron chi connectivity index (χ3n) is 2.19. The summed E-state index contributed by atoms with van der Waals surface area (Å²) in [7, 11) is -4.29. The molecule has 0 bridgehead atoms. The van der Waals surface area contributed by atoms with Gasteiger partial charge in [0.1, 0.15) is 0 Å². The predicted octanol–water partition coefficient (Wildman–Crippen LogP) is 0.586. The molecule has 2 N–H and O–H groups in total. The summed E-state index contributed by atoms with van der Waals surface area (Å²) in [6.45, 7) is 0. The molecule has 2 rings (SSSR count). The molecule has 2 radical (unpaired) electrons. The molecule has 0 heterocycles. The van der Waals surface area contributed by atoms with Gasteiger partial charge < -0.3 is 0 Å². The molecular formula is C10H7AsO4S. The van der Waals surface area contributed by atoms with Crippen molar-refractivity contribution in [2.24, 2.45) is 0 Å². The molecule has 0 amide bonds. The van der Waals surface area contributed by atoms with Crippen molar-refractivity contribution in [2.45, 2.75) is 4.90 Å². The molecule has 2 aromatic rings. The Morgan fingerprint density at radius 3 is 2.44 bits per heavy atom. The maximum atomic E-state index is 10.9. The Morgan fingerprint density at radius 1 is 1.12 bits per heavy atom. The van der Waals surface area contributed by atoms with Crippen molar-refractivity contribution in [1.82, 2.24) is 0 Å². The maximum absolute atomic E-state index is 10.9. The van der Waals surface area contributed by atoms with Crippen molar-refractivity contribution < 1.29 is 18.1 Å². The molecule has 0 aliphatic rings. The van der Waals surface area contributed by atoms with E-state index in [1.807, 2.05) is 0 Å². The number of fused-ring (bicyclic) bond motifs is 1. The van der Waals surface area contributed by atoms with E-state index in [9.17, 15) is 13.5 Å². The van der Waals surface area contributed by atoms with Gasteiger partial charge in [0, 0.05) is 0 Å². The van der Waals surface area contributed by atoms with E-state index in [1.165, 1.54) is 6.07 Å². The molecule has 6 heteroatoms. The van der Waals surface area contributed by atoms with E-state index in [2.05, 4.69) is 16.9 Å². The van der Waals surface area contributed by atoms with E-state index in [-0.39, 0.29) is 10.6 Å². The number of benzene rings is 2. The zero-order chi connectivity index (χ0) is 11.9. The van der Waals surface area contributed by atoms with Gasteiger partial charge in [-0.05, 0) is 0 Å². The molecule has 0 spiro atoms. The molecule has 0 fully saturated rings. The quantitative estimate of drug-likeness (QED) is 0.597. The minimum absolute atomic E-state index is 0.168. The Labute approximate surface area is 101 Å². The van der Waals surface area contributed by atoms with Crippen molar-refractivity contribution in [3.63, 3.8) is 0 Å². The summed E-state index contributed by atoms with van der Waals surface area (Å²) in [6, 6.07) is 7.52. The second-order valence-corrected chi connectivity index (χ2v) is 5.83. The SMILES string of the molecule is O=S(=O)(O)c1cc(O)c2cc([As])ccc2c1. The summed E-state index contributed by atoms with van der Waals surface area (Å²) in [5.41, 5.74) is 0. The van der Waals surface area contributed by atoms with E-state index >= 15 is 0 Å². The van der Waals surface area contributed by atoms with Crippen LogP contribution in [0.3, 0.4) is 0 Å². The van der Waals surface area contributed by atoms with Crippen LogP contribution in [0.15, 0.2) is 35.2 Å². The van der Waals surface area contributed by atoms with Crippen molar-refractivity contribution in [3.05, 3.63) is 30.3 Å². The van der Waals surface area contributed by atoms with Crippen LogP contribution in [0.1, 0.15) is 0 Å². The van der Waals surface area contributed by atoms with Gasteiger partial charge in [-0.1, -0.05) is 0 Å². The Balaban J connectivity index is 2.84. The van der Waals surface area contributed by atoms with E-state index in [0.717, 1.165) is 10.4 Å². The van der Waals surface area contributed by atoms with E-state index in [0.29, 0.717) is 10.8 Å². The van der Waals surface area contributed by atoms with Gasteiger partial charge in [0.2, 0.25) is 0 Å². The fourth-order valence-corrected chi connectivity index (χ4v) is 2.41.